The zero-order valence-electron chi connectivity index (χ0n) is 13.4. The van der Waals surface area contributed by atoms with Crippen LogP contribution in [-0.4, -0.2) is 30.3 Å². The highest BCUT2D eigenvalue weighted by Crippen LogP contribution is 2.27. The average molecular weight is 328 g/mol. The van der Waals surface area contributed by atoms with Crippen LogP contribution in [0.1, 0.15) is 34.3 Å². The summed E-state index contributed by atoms with van der Waals surface area (Å²) in [5, 5.41) is 4.06. The SMILES string of the molecule is Cc1ccc(N2CCCC2=O)c(C(=O)N(C)Cc2ccsc2)c1. The molecule has 0 saturated carbocycles. The van der Waals surface area contributed by atoms with Crippen LogP contribution in [0.2, 0.25) is 0 Å². The van der Waals surface area contributed by atoms with Gasteiger partial charge in [-0.2, -0.15) is 11.3 Å². The second kappa shape index (κ2) is 6.54. The molecule has 3 rings (SSSR count). The maximum atomic E-state index is 12.9. The molecule has 5 heteroatoms. The molecule has 0 N–H and O–H groups in total. The summed E-state index contributed by atoms with van der Waals surface area (Å²) in [4.78, 5) is 28.4. The first-order valence-corrected chi connectivity index (χ1v) is 8.68. The zero-order valence-corrected chi connectivity index (χ0v) is 14.2. The van der Waals surface area contributed by atoms with Gasteiger partial charge >= 0.3 is 0 Å². The lowest BCUT2D eigenvalue weighted by Gasteiger charge is -2.23. The van der Waals surface area contributed by atoms with Gasteiger partial charge in [-0.25, -0.2) is 0 Å². The van der Waals surface area contributed by atoms with Crippen molar-refractivity contribution >= 4 is 28.8 Å². The predicted molar refractivity (Wildman–Crippen MR) is 92.9 cm³/mol. The molecule has 1 fully saturated rings. The number of amides is 2. The van der Waals surface area contributed by atoms with E-state index in [-0.39, 0.29) is 11.8 Å². The van der Waals surface area contributed by atoms with Crippen LogP contribution >= 0.6 is 11.3 Å². The van der Waals surface area contributed by atoms with Gasteiger partial charge in [0.25, 0.3) is 5.91 Å². The van der Waals surface area contributed by atoms with Crippen LogP contribution in [0.25, 0.3) is 0 Å². The van der Waals surface area contributed by atoms with Crippen molar-refractivity contribution in [2.45, 2.75) is 26.3 Å². The maximum absolute atomic E-state index is 12.9. The largest absolute Gasteiger partial charge is 0.337 e. The molecule has 1 saturated heterocycles. The topological polar surface area (TPSA) is 40.6 Å². The van der Waals surface area contributed by atoms with E-state index < -0.39 is 0 Å². The Morgan fingerprint density at radius 3 is 2.83 bits per heavy atom. The molecule has 120 valence electrons. The second-order valence-corrected chi connectivity index (χ2v) is 6.74. The van der Waals surface area contributed by atoms with E-state index in [1.807, 2.05) is 41.9 Å². The monoisotopic (exact) mass is 328 g/mol. The van der Waals surface area contributed by atoms with Crippen molar-refractivity contribution in [3.05, 3.63) is 51.7 Å². The maximum Gasteiger partial charge on any atom is 0.256 e. The van der Waals surface area contributed by atoms with Gasteiger partial charge in [-0.15, -0.1) is 0 Å². The van der Waals surface area contributed by atoms with E-state index in [0.717, 1.165) is 23.2 Å². The average Bonchev–Trinajstić information content (AvgIpc) is 3.18. The molecule has 0 bridgehead atoms. The first-order valence-electron chi connectivity index (χ1n) is 7.74. The molecule has 2 heterocycles. The number of aryl methyl sites for hydroxylation is 1. The van der Waals surface area contributed by atoms with Crippen LogP contribution in [-0.2, 0) is 11.3 Å². The number of nitrogens with zero attached hydrogens (tertiary/aromatic N) is 2. The normalized spacial score (nSPS) is 14.3. The molecule has 0 radical (unpaired) electrons. The Labute approximate surface area is 140 Å². The van der Waals surface area contributed by atoms with E-state index in [1.54, 1.807) is 28.2 Å². The van der Waals surface area contributed by atoms with Crippen LogP contribution in [0.4, 0.5) is 5.69 Å². The number of carbonyl (C=O) groups is 2. The van der Waals surface area contributed by atoms with Crippen molar-refractivity contribution in [3.8, 4) is 0 Å². The zero-order chi connectivity index (χ0) is 16.4. The minimum Gasteiger partial charge on any atom is -0.337 e. The van der Waals surface area contributed by atoms with E-state index >= 15 is 0 Å². The molecule has 23 heavy (non-hydrogen) atoms. The lowest BCUT2D eigenvalue weighted by molar-refractivity contribution is -0.117. The number of thiophene rings is 1. The first kappa shape index (κ1) is 15.7. The van der Waals surface area contributed by atoms with Gasteiger partial charge in [0.2, 0.25) is 5.91 Å². The van der Waals surface area contributed by atoms with Crippen LogP contribution in [0.3, 0.4) is 0 Å². The third-order valence-electron chi connectivity index (χ3n) is 4.09. The van der Waals surface area contributed by atoms with E-state index in [0.29, 0.717) is 25.1 Å². The summed E-state index contributed by atoms with van der Waals surface area (Å²) in [5.41, 5.74) is 3.49. The summed E-state index contributed by atoms with van der Waals surface area (Å²) < 4.78 is 0. The molecule has 2 amide bonds. The summed E-state index contributed by atoms with van der Waals surface area (Å²) in [5.74, 6) is 0.0537. The van der Waals surface area contributed by atoms with Crippen molar-refractivity contribution in [1.82, 2.24) is 4.90 Å². The molecule has 1 aliphatic rings. The highest BCUT2D eigenvalue weighted by atomic mass is 32.1. The standard InChI is InChI=1S/C18H20N2O2S/c1-13-5-6-16(20-8-3-4-17(20)21)15(10-13)18(22)19(2)11-14-7-9-23-12-14/h5-7,9-10,12H,3-4,8,11H2,1-2H3. The molecule has 0 spiro atoms. The van der Waals surface area contributed by atoms with Crippen LogP contribution < -0.4 is 4.90 Å². The molecule has 2 aromatic rings. The van der Waals surface area contributed by atoms with Crippen molar-refractivity contribution in [3.63, 3.8) is 0 Å². The fraction of sp³-hybridized carbons (Fsp3) is 0.333. The minimum absolute atomic E-state index is 0.0467. The highest BCUT2D eigenvalue weighted by molar-refractivity contribution is 7.07. The predicted octanol–water partition coefficient (Wildman–Crippen LogP) is 3.46. The molecule has 0 aliphatic carbocycles. The third kappa shape index (κ3) is 3.29. The molecule has 1 aromatic heterocycles. The van der Waals surface area contributed by atoms with Gasteiger partial charge in [0.1, 0.15) is 0 Å². The highest BCUT2D eigenvalue weighted by Gasteiger charge is 2.27. The number of rotatable bonds is 4. The summed E-state index contributed by atoms with van der Waals surface area (Å²) in [6, 6.07) is 7.75. The Morgan fingerprint density at radius 2 is 2.17 bits per heavy atom. The van der Waals surface area contributed by atoms with Crippen LogP contribution in [0.15, 0.2) is 35.0 Å². The summed E-state index contributed by atoms with van der Waals surface area (Å²) in [6.45, 7) is 3.23. The summed E-state index contributed by atoms with van der Waals surface area (Å²) in [6.07, 6.45) is 1.41. The quantitative estimate of drug-likeness (QED) is 0.862. The number of anilines is 1. The van der Waals surface area contributed by atoms with Gasteiger partial charge in [-0.1, -0.05) is 11.6 Å². The van der Waals surface area contributed by atoms with Gasteiger partial charge < -0.3 is 9.80 Å². The molecule has 0 atom stereocenters. The molecule has 1 aliphatic heterocycles. The Hall–Kier alpha value is -2.14. The number of hydrogen-bond donors (Lipinski definition) is 0. The lowest BCUT2D eigenvalue weighted by atomic mass is 10.1. The Kier molecular flexibility index (Phi) is 4.48. The van der Waals surface area contributed by atoms with Crippen molar-refractivity contribution in [1.29, 1.82) is 0 Å². The lowest BCUT2D eigenvalue weighted by Crippen LogP contribution is -2.30. The van der Waals surface area contributed by atoms with E-state index in [1.165, 1.54) is 0 Å². The molecule has 0 unspecified atom stereocenters. The molecule has 1 aromatic carbocycles. The van der Waals surface area contributed by atoms with Gasteiger partial charge in [0.15, 0.2) is 0 Å². The van der Waals surface area contributed by atoms with Gasteiger partial charge in [0, 0.05) is 26.6 Å². The smallest absolute Gasteiger partial charge is 0.256 e. The molecule has 4 nitrogen and oxygen atoms in total. The summed E-state index contributed by atoms with van der Waals surface area (Å²) in [7, 11) is 1.80. The van der Waals surface area contributed by atoms with Gasteiger partial charge in [-0.3, -0.25) is 9.59 Å². The van der Waals surface area contributed by atoms with E-state index in [4.69, 9.17) is 0 Å². The van der Waals surface area contributed by atoms with Crippen LogP contribution in [0, 0.1) is 6.92 Å². The van der Waals surface area contributed by atoms with Crippen molar-refractivity contribution in [2.75, 3.05) is 18.5 Å². The van der Waals surface area contributed by atoms with Gasteiger partial charge in [-0.05, 0) is 47.9 Å². The fourth-order valence-electron chi connectivity index (χ4n) is 2.89. The number of carbonyl (C=O) groups excluding carboxylic acids is 2. The number of hydrogen-bond acceptors (Lipinski definition) is 3. The fourth-order valence-corrected chi connectivity index (χ4v) is 3.55. The first-order chi connectivity index (χ1) is 11.1. The Morgan fingerprint density at radius 1 is 1.35 bits per heavy atom. The Bertz CT molecular complexity index is 725. The third-order valence-corrected chi connectivity index (χ3v) is 4.83. The minimum atomic E-state index is -0.0467. The molecular formula is C18H20N2O2S. The van der Waals surface area contributed by atoms with E-state index in [2.05, 4.69) is 0 Å². The van der Waals surface area contributed by atoms with Gasteiger partial charge in [0.05, 0.1) is 11.3 Å². The van der Waals surface area contributed by atoms with Crippen molar-refractivity contribution < 1.29 is 9.59 Å². The Balaban J connectivity index is 1.89. The van der Waals surface area contributed by atoms with Crippen LogP contribution in [0.5, 0.6) is 0 Å². The van der Waals surface area contributed by atoms with Crippen molar-refractivity contribution in [2.24, 2.45) is 0 Å². The number of benzene rings is 1. The summed E-state index contributed by atoms with van der Waals surface area (Å²) >= 11 is 1.62. The van der Waals surface area contributed by atoms with E-state index in [9.17, 15) is 9.59 Å². The second-order valence-electron chi connectivity index (χ2n) is 5.96. The molecular weight excluding hydrogens is 308 g/mol.